The van der Waals surface area contributed by atoms with Gasteiger partial charge in [0.05, 0.1) is 9.35 Å². The molecule has 0 amide bonds. The molecule has 1 unspecified atom stereocenters. The Morgan fingerprint density at radius 3 is 2.78 bits per heavy atom. The number of ether oxygens (including phenoxy) is 2. The van der Waals surface area contributed by atoms with Gasteiger partial charge in [-0.15, -0.1) is 11.3 Å². The van der Waals surface area contributed by atoms with Gasteiger partial charge in [0.1, 0.15) is 10.9 Å². The number of fused-ring (bicyclic) bond motifs is 1. The van der Waals surface area contributed by atoms with Crippen LogP contribution in [0.3, 0.4) is 0 Å². The second kappa shape index (κ2) is 4.01. The first kappa shape index (κ1) is 11.6. The van der Waals surface area contributed by atoms with Gasteiger partial charge in [-0.3, -0.25) is 0 Å². The summed E-state index contributed by atoms with van der Waals surface area (Å²) in [7, 11) is 0. The van der Waals surface area contributed by atoms with Crippen molar-refractivity contribution in [2.24, 2.45) is 0 Å². The lowest BCUT2D eigenvalue weighted by atomic mass is 10.2. The van der Waals surface area contributed by atoms with Crippen LogP contribution in [0, 0.1) is 11.3 Å². The minimum atomic E-state index is -0.855. The Labute approximate surface area is 117 Å². The highest BCUT2D eigenvalue weighted by Gasteiger charge is 2.40. The number of thiophene rings is 1. The fourth-order valence-corrected chi connectivity index (χ4v) is 3.09. The van der Waals surface area contributed by atoms with Crippen LogP contribution >= 0.6 is 27.3 Å². The predicted molar refractivity (Wildman–Crippen MR) is 71.8 cm³/mol. The van der Waals surface area contributed by atoms with Crippen molar-refractivity contribution in [3.05, 3.63) is 44.6 Å². The van der Waals surface area contributed by atoms with E-state index in [1.54, 1.807) is 6.07 Å². The van der Waals surface area contributed by atoms with Gasteiger partial charge in [-0.2, -0.15) is 5.26 Å². The fraction of sp³-hybridized carbons (Fsp3) is 0.154. The van der Waals surface area contributed by atoms with Crippen LogP contribution in [0.15, 0.2) is 34.8 Å². The molecule has 0 spiro atoms. The van der Waals surface area contributed by atoms with Gasteiger partial charge < -0.3 is 9.47 Å². The van der Waals surface area contributed by atoms with Gasteiger partial charge in [-0.05, 0) is 40.2 Å². The Hall–Kier alpha value is -1.51. The number of hydrogen-bond donors (Lipinski definition) is 0. The second-order valence-electron chi connectivity index (χ2n) is 3.99. The average molecular weight is 322 g/mol. The highest BCUT2D eigenvalue weighted by Crippen LogP contribution is 2.48. The van der Waals surface area contributed by atoms with E-state index in [4.69, 9.17) is 14.7 Å². The molecule has 0 N–H and O–H groups in total. The summed E-state index contributed by atoms with van der Waals surface area (Å²) < 4.78 is 12.6. The van der Waals surface area contributed by atoms with E-state index in [0.717, 1.165) is 9.35 Å². The first-order valence-corrected chi connectivity index (χ1v) is 6.90. The molecule has 0 bridgehead atoms. The maximum absolute atomic E-state index is 8.87. The van der Waals surface area contributed by atoms with Crippen LogP contribution in [-0.2, 0) is 5.79 Å². The largest absolute Gasteiger partial charge is 0.444 e. The van der Waals surface area contributed by atoms with Crippen molar-refractivity contribution in [3.63, 3.8) is 0 Å². The number of hydrogen-bond acceptors (Lipinski definition) is 4. The summed E-state index contributed by atoms with van der Waals surface area (Å²) in [5, 5.41) is 8.87. The number of nitriles is 1. The number of nitrogens with zero attached hydrogens (tertiary/aromatic N) is 1. The van der Waals surface area contributed by atoms with Gasteiger partial charge in [0.15, 0.2) is 11.5 Å². The zero-order valence-electron chi connectivity index (χ0n) is 9.44. The summed E-state index contributed by atoms with van der Waals surface area (Å²) >= 11 is 4.82. The van der Waals surface area contributed by atoms with Gasteiger partial charge in [-0.25, -0.2) is 0 Å². The Kier molecular flexibility index (Phi) is 2.58. The van der Waals surface area contributed by atoms with Crippen molar-refractivity contribution in [2.45, 2.75) is 12.7 Å². The summed E-state index contributed by atoms with van der Waals surface area (Å²) in [6, 6.07) is 11.4. The minimum Gasteiger partial charge on any atom is -0.444 e. The zero-order chi connectivity index (χ0) is 12.8. The molecule has 3 rings (SSSR count). The van der Waals surface area contributed by atoms with Gasteiger partial charge in [0.2, 0.25) is 0 Å². The third kappa shape index (κ3) is 1.69. The summed E-state index contributed by atoms with van der Waals surface area (Å²) in [6.45, 7) is 1.85. The smallest absolute Gasteiger partial charge is 0.284 e. The molecule has 2 heterocycles. The summed E-state index contributed by atoms with van der Waals surface area (Å²) in [6.07, 6.45) is 0. The molecule has 0 aliphatic carbocycles. The van der Waals surface area contributed by atoms with E-state index in [1.165, 1.54) is 11.3 Å². The Bertz CT molecular complexity index is 661. The molecule has 90 valence electrons. The van der Waals surface area contributed by atoms with E-state index in [9.17, 15) is 0 Å². The third-order valence-electron chi connectivity index (χ3n) is 2.70. The van der Waals surface area contributed by atoms with Crippen LogP contribution in [0.4, 0.5) is 0 Å². The van der Waals surface area contributed by atoms with Crippen LogP contribution in [0.1, 0.15) is 16.7 Å². The molecular weight excluding hydrogens is 314 g/mol. The topological polar surface area (TPSA) is 42.2 Å². The molecule has 0 fully saturated rings. The SMILES string of the molecule is CC1(c2ccc(C#N)s2)Oc2cccc(Br)c2O1. The van der Waals surface area contributed by atoms with E-state index in [-0.39, 0.29) is 0 Å². The van der Waals surface area contributed by atoms with Crippen LogP contribution in [0.25, 0.3) is 0 Å². The molecule has 0 saturated heterocycles. The fourth-order valence-electron chi connectivity index (χ4n) is 1.84. The van der Waals surface area contributed by atoms with Crippen molar-refractivity contribution >= 4 is 27.3 Å². The Morgan fingerprint density at radius 2 is 2.11 bits per heavy atom. The maximum atomic E-state index is 8.87. The first-order chi connectivity index (χ1) is 8.62. The quantitative estimate of drug-likeness (QED) is 0.796. The highest BCUT2D eigenvalue weighted by molar-refractivity contribution is 9.10. The van der Waals surface area contributed by atoms with Gasteiger partial charge >= 0.3 is 0 Å². The van der Waals surface area contributed by atoms with Crippen LogP contribution < -0.4 is 9.47 Å². The normalized spacial score (nSPS) is 20.7. The van der Waals surface area contributed by atoms with Crippen LogP contribution in [0.5, 0.6) is 11.5 Å². The molecule has 1 aliphatic rings. The molecule has 1 aromatic heterocycles. The number of benzene rings is 1. The van der Waals surface area contributed by atoms with Crippen molar-refractivity contribution < 1.29 is 9.47 Å². The van der Waals surface area contributed by atoms with Crippen molar-refractivity contribution in [2.75, 3.05) is 0 Å². The van der Waals surface area contributed by atoms with Gasteiger partial charge in [0, 0.05) is 6.92 Å². The average Bonchev–Trinajstić information content (AvgIpc) is 2.94. The molecule has 5 heteroatoms. The first-order valence-electron chi connectivity index (χ1n) is 5.29. The lowest BCUT2D eigenvalue weighted by molar-refractivity contribution is -0.0650. The van der Waals surface area contributed by atoms with Crippen LogP contribution in [-0.4, -0.2) is 0 Å². The molecule has 1 atom stereocenters. The second-order valence-corrected chi connectivity index (χ2v) is 5.93. The molecule has 0 radical (unpaired) electrons. The molecule has 18 heavy (non-hydrogen) atoms. The third-order valence-corrected chi connectivity index (χ3v) is 4.49. The van der Waals surface area contributed by atoms with E-state index in [1.807, 2.05) is 31.2 Å². The van der Waals surface area contributed by atoms with E-state index < -0.39 is 5.79 Å². The van der Waals surface area contributed by atoms with Crippen molar-refractivity contribution in [1.29, 1.82) is 5.26 Å². The monoisotopic (exact) mass is 321 g/mol. The van der Waals surface area contributed by atoms with Gasteiger partial charge in [0.25, 0.3) is 5.79 Å². The summed E-state index contributed by atoms with van der Waals surface area (Å²) in [5.41, 5.74) is 0. The minimum absolute atomic E-state index is 0.647. The van der Waals surface area contributed by atoms with E-state index >= 15 is 0 Å². The zero-order valence-corrected chi connectivity index (χ0v) is 11.8. The summed E-state index contributed by atoms with van der Waals surface area (Å²) in [4.78, 5) is 1.52. The standard InChI is InChI=1S/C13H8BrNO2S/c1-13(11-6-5-8(7-15)18-11)16-10-4-2-3-9(14)12(10)17-13/h2-6H,1H3. The summed E-state index contributed by atoms with van der Waals surface area (Å²) in [5.74, 6) is 0.553. The number of halogens is 1. The number of para-hydroxylation sites is 1. The Morgan fingerprint density at radius 1 is 1.28 bits per heavy atom. The van der Waals surface area contributed by atoms with Gasteiger partial charge in [-0.1, -0.05) is 6.07 Å². The maximum Gasteiger partial charge on any atom is 0.284 e. The highest BCUT2D eigenvalue weighted by atomic mass is 79.9. The van der Waals surface area contributed by atoms with E-state index in [2.05, 4.69) is 22.0 Å². The molecular formula is C13H8BrNO2S. The lowest BCUT2D eigenvalue weighted by Crippen LogP contribution is -2.30. The molecule has 3 nitrogen and oxygen atoms in total. The van der Waals surface area contributed by atoms with Crippen molar-refractivity contribution in [3.8, 4) is 17.6 Å². The molecule has 0 saturated carbocycles. The Balaban J connectivity index is 2.01. The molecule has 2 aromatic rings. The van der Waals surface area contributed by atoms with Crippen molar-refractivity contribution in [1.82, 2.24) is 0 Å². The molecule has 1 aromatic carbocycles. The van der Waals surface area contributed by atoms with E-state index in [0.29, 0.717) is 16.4 Å². The number of rotatable bonds is 1. The molecule has 1 aliphatic heterocycles. The predicted octanol–water partition coefficient (Wildman–Crippen LogP) is 4.03. The van der Waals surface area contributed by atoms with Crippen LogP contribution in [0.2, 0.25) is 0 Å². The lowest BCUT2D eigenvalue weighted by Gasteiger charge is -2.21.